The number of morpholine rings is 1. The van der Waals surface area contributed by atoms with Crippen molar-refractivity contribution in [3.63, 3.8) is 0 Å². The van der Waals surface area contributed by atoms with Gasteiger partial charge in [-0.15, -0.1) is 0 Å². The SMILES string of the molecule is CCc1nc(S(=O)(=O)Cl)cn1CC1CN(C(C)C)CCO1. The Morgan fingerprint density at radius 1 is 1.52 bits per heavy atom. The minimum absolute atomic E-state index is 0.0338. The van der Waals surface area contributed by atoms with Crippen molar-refractivity contribution in [2.24, 2.45) is 0 Å². The molecule has 1 unspecified atom stereocenters. The van der Waals surface area contributed by atoms with Crippen LogP contribution in [0.25, 0.3) is 0 Å². The average molecular weight is 336 g/mol. The van der Waals surface area contributed by atoms with E-state index in [0.29, 0.717) is 31.4 Å². The van der Waals surface area contributed by atoms with Gasteiger partial charge in [-0.3, -0.25) is 4.90 Å². The molecule has 0 bridgehead atoms. The summed E-state index contributed by atoms with van der Waals surface area (Å²) in [6, 6.07) is 0.476. The maximum absolute atomic E-state index is 11.4. The van der Waals surface area contributed by atoms with E-state index in [1.54, 1.807) is 0 Å². The fourth-order valence-electron chi connectivity index (χ4n) is 2.53. The van der Waals surface area contributed by atoms with Crippen LogP contribution in [-0.4, -0.2) is 54.7 Å². The molecule has 1 aromatic heterocycles. The van der Waals surface area contributed by atoms with Gasteiger partial charge >= 0.3 is 0 Å². The molecule has 0 saturated carbocycles. The van der Waals surface area contributed by atoms with Crippen molar-refractivity contribution in [2.75, 3.05) is 19.7 Å². The molecular weight excluding hydrogens is 314 g/mol. The Balaban J connectivity index is 2.13. The van der Waals surface area contributed by atoms with Gasteiger partial charge in [-0.05, 0) is 13.8 Å². The molecule has 1 aliphatic rings. The van der Waals surface area contributed by atoms with Crippen LogP contribution in [0, 0.1) is 0 Å². The molecule has 0 spiro atoms. The first kappa shape index (κ1) is 16.7. The number of halogens is 1. The molecule has 120 valence electrons. The van der Waals surface area contributed by atoms with Crippen LogP contribution < -0.4 is 0 Å². The maximum Gasteiger partial charge on any atom is 0.280 e. The molecule has 0 N–H and O–H groups in total. The summed E-state index contributed by atoms with van der Waals surface area (Å²) in [5.74, 6) is 0.708. The third-order valence-corrected chi connectivity index (χ3v) is 4.87. The minimum atomic E-state index is -3.79. The Hall–Kier alpha value is -0.630. The largest absolute Gasteiger partial charge is 0.374 e. The lowest BCUT2D eigenvalue weighted by Gasteiger charge is -2.35. The first-order valence-electron chi connectivity index (χ1n) is 7.17. The molecule has 1 saturated heterocycles. The fraction of sp³-hybridized carbons (Fsp3) is 0.769. The van der Waals surface area contributed by atoms with Gasteiger partial charge in [-0.25, -0.2) is 13.4 Å². The number of rotatable bonds is 5. The first-order chi connectivity index (χ1) is 9.81. The standard InChI is InChI=1S/C13H22ClN3O3S/c1-4-12-15-13(21(14,18)19)9-17(12)8-11-7-16(10(2)3)5-6-20-11/h9-11H,4-8H2,1-3H3. The second kappa shape index (κ2) is 6.64. The smallest absolute Gasteiger partial charge is 0.280 e. The topological polar surface area (TPSA) is 64.4 Å². The molecule has 6 nitrogen and oxygen atoms in total. The summed E-state index contributed by atoms with van der Waals surface area (Å²) in [6.45, 7) is 9.31. The van der Waals surface area contributed by atoms with Gasteiger partial charge in [0.25, 0.3) is 9.05 Å². The maximum atomic E-state index is 11.4. The lowest BCUT2D eigenvalue weighted by atomic mass is 10.2. The number of hydrogen-bond donors (Lipinski definition) is 0. The van der Waals surface area contributed by atoms with E-state index in [4.69, 9.17) is 15.4 Å². The summed E-state index contributed by atoms with van der Waals surface area (Å²) in [4.78, 5) is 6.45. The summed E-state index contributed by atoms with van der Waals surface area (Å²) in [5.41, 5.74) is 0. The Kier molecular flexibility index (Phi) is 5.29. The molecule has 0 aromatic carbocycles. The molecule has 21 heavy (non-hydrogen) atoms. The Bertz CT molecular complexity index is 585. The summed E-state index contributed by atoms with van der Waals surface area (Å²) >= 11 is 0. The highest BCUT2D eigenvalue weighted by atomic mass is 35.7. The van der Waals surface area contributed by atoms with E-state index < -0.39 is 9.05 Å². The van der Waals surface area contributed by atoms with Gasteiger partial charge < -0.3 is 9.30 Å². The van der Waals surface area contributed by atoms with Gasteiger partial charge in [-0.1, -0.05) is 6.92 Å². The highest BCUT2D eigenvalue weighted by Crippen LogP contribution is 2.17. The predicted octanol–water partition coefficient (Wildman–Crippen LogP) is 1.48. The van der Waals surface area contributed by atoms with Crippen LogP contribution in [0.5, 0.6) is 0 Å². The van der Waals surface area contributed by atoms with Crippen molar-refractivity contribution in [3.8, 4) is 0 Å². The zero-order valence-corrected chi connectivity index (χ0v) is 14.2. The lowest BCUT2D eigenvalue weighted by Crippen LogP contribution is -2.47. The van der Waals surface area contributed by atoms with Crippen molar-refractivity contribution in [2.45, 2.75) is 50.9 Å². The molecule has 1 fully saturated rings. The number of aromatic nitrogens is 2. The van der Waals surface area contributed by atoms with E-state index in [1.165, 1.54) is 6.20 Å². The van der Waals surface area contributed by atoms with E-state index >= 15 is 0 Å². The predicted molar refractivity (Wildman–Crippen MR) is 81.1 cm³/mol. The number of nitrogens with zero attached hydrogens (tertiary/aromatic N) is 3. The Morgan fingerprint density at radius 3 is 2.81 bits per heavy atom. The van der Waals surface area contributed by atoms with E-state index in [-0.39, 0.29) is 11.1 Å². The van der Waals surface area contributed by atoms with Gasteiger partial charge in [0.15, 0.2) is 5.03 Å². The van der Waals surface area contributed by atoms with Crippen molar-refractivity contribution in [1.29, 1.82) is 0 Å². The third-order valence-electron chi connectivity index (χ3n) is 3.70. The molecular formula is C13H22ClN3O3S. The number of aryl methyl sites for hydroxylation is 1. The molecule has 1 atom stereocenters. The number of ether oxygens (including phenoxy) is 1. The van der Waals surface area contributed by atoms with Gasteiger partial charge in [0, 0.05) is 42.4 Å². The molecule has 0 aliphatic carbocycles. The van der Waals surface area contributed by atoms with Crippen molar-refractivity contribution in [1.82, 2.24) is 14.5 Å². The zero-order valence-electron chi connectivity index (χ0n) is 12.6. The second-order valence-electron chi connectivity index (χ2n) is 5.52. The third kappa shape index (κ3) is 4.18. The van der Waals surface area contributed by atoms with Crippen molar-refractivity contribution < 1.29 is 13.2 Å². The highest BCUT2D eigenvalue weighted by molar-refractivity contribution is 8.13. The van der Waals surface area contributed by atoms with Crippen LogP contribution in [-0.2, 0) is 26.8 Å². The van der Waals surface area contributed by atoms with Crippen molar-refractivity contribution >= 4 is 19.7 Å². The zero-order chi connectivity index (χ0) is 15.6. The van der Waals surface area contributed by atoms with Gasteiger partial charge in [-0.2, -0.15) is 0 Å². The molecule has 2 rings (SSSR count). The van der Waals surface area contributed by atoms with E-state index in [2.05, 4.69) is 23.7 Å². The van der Waals surface area contributed by atoms with Gasteiger partial charge in [0.05, 0.1) is 19.3 Å². The summed E-state index contributed by atoms with van der Waals surface area (Å²) in [7, 11) is 1.57. The van der Waals surface area contributed by atoms with Gasteiger partial charge in [0.1, 0.15) is 5.82 Å². The quantitative estimate of drug-likeness (QED) is 0.763. The van der Waals surface area contributed by atoms with Crippen LogP contribution in [0.2, 0.25) is 0 Å². The fourth-order valence-corrected chi connectivity index (χ4v) is 3.22. The first-order valence-corrected chi connectivity index (χ1v) is 9.48. The van der Waals surface area contributed by atoms with Crippen LogP contribution >= 0.6 is 10.7 Å². The van der Waals surface area contributed by atoms with Crippen molar-refractivity contribution in [3.05, 3.63) is 12.0 Å². The van der Waals surface area contributed by atoms with Crippen LogP contribution in [0.1, 0.15) is 26.6 Å². The second-order valence-corrected chi connectivity index (χ2v) is 8.03. The molecule has 2 heterocycles. The Labute approximate surface area is 130 Å². The number of imidazole rings is 1. The molecule has 1 aromatic rings. The normalized spacial score (nSPS) is 21.1. The van der Waals surface area contributed by atoms with Crippen LogP contribution in [0.4, 0.5) is 0 Å². The molecule has 8 heteroatoms. The van der Waals surface area contributed by atoms with Gasteiger partial charge in [0.2, 0.25) is 0 Å². The monoisotopic (exact) mass is 335 g/mol. The van der Waals surface area contributed by atoms with Crippen LogP contribution in [0.15, 0.2) is 11.2 Å². The van der Waals surface area contributed by atoms with E-state index in [1.807, 2.05) is 11.5 Å². The van der Waals surface area contributed by atoms with E-state index in [9.17, 15) is 8.42 Å². The number of hydrogen-bond acceptors (Lipinski definition) is 5. The van der Waals surface area contributed by atoms with Crippen LogP contribution in [0.3, 0.4) is 0 Å². The minimum Gasteiger partial charge on any atom is -0.374 e. The van der Waals surface area contributed by atoms with E-state index in [0.717, 1.165) is 13.1 Å². The average Bonchev–Trinajstić information content (AvgIpc) is 2.82. The summed E-state index contributed by atoms with van der Waals surface area (Å²) in [6.07, 6.45) is 2.18. The highest BCUT2D eigenvalue weighted by Gasteiger charge is 2.24. The summed E-state index contributed by atoms with van der Waals surface area (Å²) in [5, 5.41) is -0.0856. The summed E-state index contributed by atoms with van der Waals surface area (Å²) < 4.78 is 30.4. The molecule has 0 radical (unpaired) electrons. The lowest BCUT2D eigenvalue weighted by molar-refractivity contribution is -0.0459. The molecule has 0 amide bonds. The Morgan fingerprint density at radius 2 is 2.24 bits per heavy atom. The molecule has 1 aliphatic heterocycles.